The van der Waals surface area contributed by atoms with Gasteiger partial charge in [-0.2, -0.15) is 0 Å². The van der Waals surface area contributed by atoms with Crippen molar-refractivity contribution in [3.05, 3.63) is 45.1 Å². The Morgan fingerprint density at radius 1 is 1.28 bits per heavy atom. The van der Waals surface area contributed by atoms with Gasteiger partial charge in [0.25, 0.3) is 0 Å². The van der Waals surface area contributed by atoms with Gasteiger partial charge in [0.2, 0.25) is 0 Å². The fourth-order valence-electron chi connectivity index (χ4n) is 1.88. The van der Waals surface area contributed by atoms with Gasteiger partial charge in [0, 0.05) is 32.6 Å². The molecule has 0 aliphatic rings. The summed E-state index contributed by atoms with van der Waals surface area (Å²) in [5.74, 6) is 0. The van der Waals surface area contributed by atoms with Crippen LogP contribution < -0.4 is 10.6 Å². The SMILES string of the molecule is CCCN(Cc1cc(Br)cs1)c1ccc(N)cc1. The molecule has 0 amide bonds. The largest absolute Gasteiger partial charge is 0.399 e. The van der Waals surface area contributed by atoms with Gasteiger partial charge in [-0.05, 0) is 52.7 Å². The second kappa shape index (κ2) is 6.25. The monoisotopic (exact) mass is 324 g/mol. The van der Waals surface area contributed by atoms with Crippen LogP contribution in [0.3, 0.4) is 0 Å². The van der Waals surface area contributed by atoms with Gasteiger partial charge in [0.1, 0.15) is 0 Å². The maximum absolute atomic E-state index is 5.73. The zero-order valence-corrected chi connectivity index (χ0v) is 12.8. The minimum absolute atomic E-state index is 0.814. The van der Waals surface area contributed by atoms with Crippen molar-refractivity contribution in [1.29, 1.82) is 0 Å². The molecule has 0 radical (unpaired) electrons. The van der Waals surface area contributed by atoms with Crippen molar-refractivity contribution in [2.24, 2.45) is 0 Å². The summed E-state index contributed by atoms with van der Waals surface area (Å²) in [6.45, 7) is 4.21. The summed E-state index contributed by atoms with van der Waals surface area (Å²) in [6, 6.07) is 10.3. The molecule has 0 aliphatic carbocycles. The zero-order chi connectivity index (χ0) is 13.0. The van der Waals surface area contributed by atoms with Gasteiger partial charge < -0.3 is 10.6 Å². The van der Waals surface area contributed by atoms with Crippen LogP contribution in [0.25, 0.3) is 0 Å². The molecule has 4 heteroatoms. The van der Waals surface area contributed by atoms with Crippen LogP contribution in [0, 0.1) is 0 Å². The van der Waals surface area contributed by atoms with E-state index in [9.17, 15) is 0 Å². The van der Waals surface area contributed by atoms with Crippen molar-refractivity contribution < 1.29 is 0 Å². The van der Waals surface area contributed by atoms with E-state index in [-0.39, 0.29) is 0 Å². The van der Waals surface area contributed by atoms with E-state index in [4.69, 9.17) is 5.73 Å². The van der Waals surface area contributed by atoms with E-state index < -0.39 is 0 Å². The average molecular weight is 325 g/mol. The molecule has 1 aromatic heterocycles. The number of hydrogen-bond acceptors (Lipinski definition) is 3. The molecule has 0 aliphatic heterocycles. The van der Waals surface area contributed by atoms with Gasteiger partial charge in [-0.25, -0.2) is 0 Å². The number of anilines is 2. The molecule has 1 aromatic carbocycles. The lowest BCUT2D eigenvalue weighted by molar-refractivity contribution is 0.774. The molecular formula is C14H17BrN2S. The summed E-state index contributed by atoms with van der Waals surface area (Å²) in [5.41, 5.74) is 7.78. The smallest absolute Gasteiger partial charge is 0.0523 e. The number of nitrogens with two attached hydrogens (primary N) is 1. The van der Waals surface area contributed by atoms with E-state index in [1.165, 1.54) is 10.6 Å². The molecule has 0 saturated heterocycles. The molecule has 0 bridgehead atoms. The Hall–Kier alpha value is -1.00. The van der Waals surface area contributed by atoms with Gasteiger partial charge >= 0.3 is 0 Å². The summed E-state index contributed by atoms with van der Waals surface area (Å²) in [5, 5.41) is 2.13. The molecule has 0 spiro atoms. The van der Waals surface area contributed by atoms with Crippen LogP contribution in [0.2, 0.25) is 0 Å². The molecule has 2 N–H and O–H groups in total. The van der Waals surface area contributed by atoms with Gasteiger partial charge in [-0.3, -0.25) is 0 Å². The van der Waals surface area contributed by atoms with Crippen molar-refractivity contribution in [2.75, 3.05) is 17.2 Å². The first-order chi connectivity index (χ1) is 8.69. The van der Waals surface area contributed by atoms with E-state index in [1.54, 1.807) is 11.3 Å². The van der Waals surface area contributed by atoms with Crippen molar-refractivity contribution in [3.63, 3.8) is 0 Å². The lowest BCUT2D eigenvalue weighted by Crippen LogP contribution is -2.22. The number of nitrogens with zero attached hydrogens (tertiary/aromatic N) is 1. The van der Waals surface area contributed by atoms with Crippen LogP contribution in [-0.4, -0.2) is 6.54 Å². The summed E-state index contributed by atoms with van der Waals surface area (Å²) >= 11 is 5.29. The van der Waals surface area contributed by atoms with Crippen LogP contribution >= 0.6 is 27.3 Å². The minimum atomic E-state index is 0.814. The maximum Gasteiger partial charge on any atom is 0.0523 e. The predicted molar refractivity (Wildman–Crippen MR) is 84.2 cm³/mol. The molecular weight excluding hydrogens is 308 g/mol. The van der Waals surface area contributed by atoms with Crippen molar-refractivity contribution in [3.8, 4) is 0 Å². The second-order valence-corrected chi connectivity index (χ2v) is 6.16. The van der Waals surface area contributed by atoms with Crippen LogP contribution in [0.5, 0.6) is 0 Å². The van der Waals surface area contributed by atoms with E-state index >= 15 is 0 Å². The fraction of sp³-hybridized carbons (Fsp3) is 0.286. The fourth-order valence-corrected chi connectivity index (χ4v) is 3.34. The molecule has 0 saturated carbocycles. The molecule has 1 heterocycles. The van der Waals surface area contributed by atoms with Crippen molar-refractivity contribution in [1.82, 2.24) is 0 Å². The van der Waals surface area contributed by atoms with E-state index in [0.29, 0.717) is 0 Å². The number of nitrogen functional groups attached to an aromatic ring is 1. The van der Waals surface area contributed by atoms with Gasteiger partial charge in [-0.1, -0.05) is 6.92 Å². The number of rotatable bonds is 5. The minimum Gasteiger partial charge on any atom is -0.399 e. The lowest BCUT2D eigenvalue weighted by atomic mass is 10.2. The second-order valence-electron chi connectivity index (χ2n) is 4.24. The Morgan fingerprint density at radius 3 is 2.56 bits per heavy atom. The number of benzene rings is 1. The first-order valence-corrected chi connectivity index (χ1v) is 7.69. The van der Waals surface area contributed by atoms with Gasteiger partial charge in [0.05, 0.1) is 6.54 Å². The Balaban J connectivity index is 2.14. The Bertz CT molecular complexity index is 493. The topological polar surface area (TPSA) is 29.3 Å². The number of thiophene rings is 1. The van der Waals surface area contributed by atoms with Crippen LogP contribution in [-0.2, 0) is 6.54 Å². The molecule has 2 nitrogen and oxygen atoms in total. The highest BCUT2D eigenvalue weighted by Crippen LogP contribution is 2.24. The zero-order valence-electron chi connectivity index (χ0n) is 10.4. The van der Waals surface area contributed by atoms with Crippen LogP contribution in [0.4, 0.5) is 11.4 Å². The third-order valence-electron chi connectivity index (χ3n) is 2.72. The Morgan fingerprint density at radius 2 is 2.00 bits per heavy atom. The van der Waals surface area contributed by atoms with Crippen molar-refractivity contribution in [2.45, 2.75) is 19.9 Å². The summed E-state index contributed by atoms with van der Waals surface area (Å²) in [7, 11) is 0. The third-order valence-corrected chi connectivity index (χ3v) is 4.40. The van der Waals surface area contributed by atoms with Crippen molar-refractivity contribution >= 4 is 38.6 Å². The lowest BCUT2D eigenvalue weighted by Gasteiger charge is -2.23. The highest BCUT2D eigenvalue weighted by molar-refractivity contribution is 9.10. The van der Waals surface area contributed by atoms with Gasteiger partial charge in [0.15, 0.2) is 0 Å². The molecule has 18 heavy (non-hydrogen) atoms. The number of halogens is 1. The predicted octanol–water partition coefficient (Wildman–Crippen LogP) is 4.51. The highest BCUT2D eigenvalue weighted by Gasteiger charge is 2.08. The van der Waals surface area contributed by atoms with E-state index in [2.05, 4.69) is 51.3 Å². The Labute approximate surface area is 121 Å². The Kier molecular flexibility index (Phi) is 4.66. The normalized spacial score (nSPS) is 10.6. The summed E-state index contributed by atoms with van der Waals surface area (Å²) < 4.78 is 1.16. The first-order valence-electron chi connectivity index (χ1n) is 6.02. The number of hydrogen-bond donors (Lipinski definition) is 1. The van der Waals surface area contributed by atoms with Crippen LogP contribution in [0.15, 0.2) is 40.2 Å². The molecule has 2 aromatic rings. The summed E-state index contributed by atoms with van der Waals surface area (Å²) in [4.78, 5) is 3.75. The van der Waals surface area contributed by atoms with E-state index in [1.807, 2.05) is 12.1 Å². The van der Waals surface area contributed by atoms with Crippen LogP contribution in [0.1, 0.15) is 18.2 Å². The average Bonchev–Trinajstić information content (AvgIpc) is 2.75. The standard InChI is InChI=1S/C14H17BrN2S/c1-2-7-17(9-14-8-11(15)10-18-14)13-5-3-12(16)4-6-13/h3-6,8,10H,2,7,9,16H2,1H3. The highest BCUT2D eigenvalue weighted by atomic mass is 79.9. The molecule has 0 unspecified atom stereocenters. The third kappa shape index (κ3) is 3.50. The summed E-state index contributed by atoms with van der Waals surface area (Å²) in [6.07, 6.45) is 1.14. The maximum atomic E-state index is 5.73. The molecule has 96 valence electrons. The first kappa shape index (κ1) is 13.4. The molecule has 2 rings (SSSR count). The molecule has 0 atom stereocenters. The van der Waals surface area contributed by atoms with Gasteiger partial charge in [-0.15, -0.1) is 11.3 Å². The molecule has 0 fully saturated rings. The quantitative estimate of drug-likeness (QED) is 0.820. The van der Waals surface area contributed by atoms with E-state index in [0.717, 1.165) is 29.7 Å².